The number of halogens is 2. The molecule has 1 saturated heterocycles. The Morgan fingerprint density at radius 1 is 1.33 bits per heavy atom. The summed E-state index contributed by atoms with van der Waals surface area (Å²) in [6, 6.07) is 6.32. The van der Waals surface area contributed by atoms with Crippen molar-refractivity contribution in [2.75, 3.05) is 20.1 Å². The monoisotopic (exact) mass is 410 g/mol. The standard InChI is InChI=1S/C20H27ClN4O.ClH/c1-13-7-8-17(10-19(13)21)25-15(3)18(14(2)23-25)11-20(26)24-9-5-6-16(12-24)22-4;/h7-8,10,16,22H,5-6,9,11-12H2,1-4H3;1H. The molecule has 0 saturated carbocycles. The van der Waals surface area contributed by atoms with Crippen LogP contribution in [0, 0.1) is 20.8 Å². The lowest BCUT2D eigenvalue weighted by molar-refractivity contribution is -0.131. The average molecular weight is 411 g/mol. The van der Waals surface area contributed by atoms with Crippen LogP contribution in [0.4, 0.5) is 0 Å². The highest BCUT2D eigenvalue weighted by Gasteiger charge is 2.24. The minimum absolute atomic E-state index is 0. The summed E-state index contributed by atoms with van der Waals surface area (Å²) in [4.78, 5) is 14.8. The molecule has 148 valence electrons. The Labute approximate surface area is 172 Å². The number of aryl methyl sites for hydroxylation is 2. The molecule has 1 aliphatic heterocycles. The largest absolute Gasteiger partial charge is 0.341 e. The van der Waals surface area contributed by atoms with Crippen LogP contribution in [0.25, 0.3) is 5.69 Å². The Kier molecular flexibility index (Phi) is 7.32. The Morgan fingerprint density at radius 3 is 2.74 bits per heavy atom. The van der Waals surface area contributed by atoms with Gasteiger partial charge in [-0.15, -0.1) is 12.4 Å². The number of aromatic nitrogens is 2. The number of nitrogens with zero attached hydrogens (tertiary/aromatic N) is 3. The summed E-state index contributed by atoms with van der Waals surface area (Å²) in [5, 5.41) is 8.66. The molecule has 1 N–H and O–H groups in total. The van der Waals surface area contributed by atoms with Crippen molar-refractivity contribution in [1.29, 1.82) is 0 Å². The van der Waals surface area contributed by atoms with Gasteiger partial charge < -0.3 is 10.2 Å². The van der Waals surface area contributed by atoms with Crippen molar-refractivity contribution in [3.8, 4) is 5.69 Å². The van der Waals surface area contributed by atoms with Gasteiger partial charge in [0.2, 0.25) is 5.91 Å². The number of carbonyl (C=O) groups excluding carboxylic acids is 1. The molecule has 1 fully saturated rings. The predicted molar refractivity (Wildman–Crippen MR) is 112 cm³/mol. The fourth-order valence-corrected chi connectivity index (χ4v) is 3.77. The fourth-order valence-electron chi connectivity index (χ4n) is 3.60. The van der Waals surface area contributed by atoms with E-state index in [1.54, 1.807) is 0 Å². The molecule has 0 bridgehead atoms. The summed E-state index contributed by atoms with van der Waals surface area (Å²) in [7, 11) is 1.96. The Balaban J connectivity index is 0.00000261. The third-order valence-corrected chi connectivity index (χ3v) is 5.76. The van der Waals surface area contributed by atoms with Gasteiger partial charge in [-0.05, 0) is 58.4 Å². The first kappa shape index (κ1) is 21.7. The van der Waals surface area contributed by atoms with Crippen molar-refractivity contribution in [1.82, 2.24) is 20.0 Å². The molecule has 7 heteroatoms. The smallest absolute Gasteiger partial charge is 0.227 e. The first-order valence-electron chi connectivity index (χ1n) is 9.17. The number of likely N-dealkylation sites (N-methyl/N-ethyl adjacent to an activating group) is 1. The summed E-state index contributed by atoms with van der Waals surface area (Å²) in [5.41, 5.74) is 4.87. The van der Waals surface area contributed by atoms with E-state index in [2.05, 4.69) is 10.4 Å². The molecule has 5 nitrogen and oxygen atoms in total. The van der Waals surface area contributed by atoms with Gasteiger partial charge in [0.1, 0.15) is 0 Å². The average Bonchev–Trinajstić information content (AvgIpc) is 2.92. The zero-order chi connectivity index (χ0) is 18.8. The molecule has 3 rings (SSSR count). The molecule has 2 heterocycles. The van der Waals surface area contributed by atoms with Crippen molar-refractivity contribution in [2.24, 2.45) is 0 Å². The third-order valence-electron chi connectivity index (χ3n) is 5.35. The molecule has 1 aliphatic rings. The number of likely N-dealkylation sites (tertiary alicyclic amines) is 1. The molecule has 0 spiro atoms. The zero-order valence-corrected chi connectivity index (χ0v) is 18.0. The number of hydrogen-bond acceptors (Lipinski definition) is 3. The number of nitrogens with one attached hydrogen (secondary N) is 1. The molecule has 1 aromatic carbocycles. The van der Waals surface area contributed by atoms with Gasteiger partial charge in [0.15, 0.2) is 0 Å². The van der Waals surface area contributed by atoms with Gasteiger partial charge in [-0.2, -0.15) is 5.10 Å². The van der Waals surface area contributed by atoms with E-state index in [0.29, 0.717) is 12.5 Å². The van der Waals surface area contributed by atoms with E-state index in [4.69, 9.17) is 11.6 Å². The molecule has 0 aliphatic carbocycles. The van der Waals surface area contributed by atoms with Gasteiger partial charge in [-0.1, -0.05) is 17.7 Å². The van der Waals surface area contributed by atoms with Gasteiger partial charge in [0, 0.05) is 35.4 Å². The van der Waals surface area contributed by atoms with E-state index in [9.17, 15) is 4.79 Å². The van der Waals surface area contributed by atoms with Crippen LogP contribution >= 0.6 is 24.0 Å². The van der Waals surface area contributed by atoms with Crippen LogP contribution in [0.1, 0.15) is 35.4 Å². The highest BCUT2D eigenvalue weighted by Crippen LogP contribution is 2.23. The van der Waals surface area contributed by atoms with Crippen molar-refractivity contribution in [2.45, 2.75) is 46.1 Å². The number of hydrogen-bond donors (Lipinski definition) is 1. The normalized spacial score (nSPS) is 16.9. The lowest BCUT2D eigenvalue weighted by Gasteiger charge is -2.32. The predicted octanol–water partition coefficient (Wildman–Crippen LogP) is 3.63. The summed E-state index contributed by atoms with van der Waals surface area (Å²) in [6.45, 7) is 7.60. The Morgan fingerprint density at radius 2 is 2.07 bits per heavy atom. The van der Waals surface area contributed by atoms with Crippen LogP contribution in [0.5, 0.6) is 0 Å². The molecule has 1 aromatic heterocycles. The molecule has 1 unspecified atom stereocenters. The number of amides is 1. The summed E-state index contributed by atoms with van der Waals surface area (Å²) in [6.07, 6.45) is 2.58. The van der Waals surface area contributed by atoms with Crippen LogP contribution in [0.2, 0.25) is 5.02 Å². The molecule has 1 amide bonds. The number of piperidine rings is 1. The first-order valence-corrected chi connectivity index (χ1v) is 9.55. The van der Waals surface area contributed by atoms with Crippen molar-refractivity contribution in [3.05, 3.63) is 45.7 Å². The first-order chi connectivity index (χ1) is 12.4. The van der Waals surface area contributed by atoms with Gasteiger partial charge in [-0.3, -0.25) is 4.79 Å². The van der Waals surface area contributed by atoms with Crippen molar-refractivity contribution >= 4 is 29.9 Å². The summed E-state index contributed by atoms with van der Waals surface area (Å²) in [5.74, 6) is 0.178. The van der Waals surface area contributed by atoms with Crippen LogP contribution in [0.3, 0.4) is 0 Å². The van der Waals surface area contributed by atoms with Gasteiger partial charge in [0.05, 0.1) is 17.8 Å². The van der Waals surface area contributed by atoms with E-state index >= 15 is 0 Å². The SMILES string of the molecule is CNC1CCCN(C(=O)Cc2c(C)nn(-c3ccc(C)c(Cl)c3)c2C)C1.Cl. The minimum atomic E-state index is 0. The maximum atomic E-state index is 12.8. The van der Waals surface area contributed by atoms with E-state index in [1.807, 2.05) is 55.6 Å². The van der Waals surface area contributed by atoms with Gasteiger partial charge in [0.25, 0.3) is 0 Å². The van der Waals surface area contributed by atoms with E-state index in [-0.39, 0.29) is 18.3 Å². The lowest BCUT2D eigenvalue weighted by atomic mass is 10.0. The maximum absolute atomic E-state index is 12.8. The lowest BCUT2D eigenvalue weighted by Crippen LogP contribution is -2.47. The van der Waals surface area contributed by atoms with Crippen LogP contribution in [-0.2, 0) is 11.2 Å². The Bertz CT molecular complexity index is 819. The van der Waals surface area contributed by atoms with Crippen LogP contribution < -0.4 is 5.32 Å². The molecule has 0 radical (unpaired) electrons. The maximum Gasteiger partial charge on any atom is 0.227 e. The Hall–Kier alpha value is -1.56. The molecular weight excluding hydrogens is 383 g/mol. The van der Waals surface area contributed by atoms with E-state index in [0.717, 1.165) is 59.2 Å². The minimum Gasteiger partial charge on any atom is -0.341 e. The summed E-state index contributed by atoms with van der Waals surface area (Å²) >= 11 is 6.27. The zero-order valence-electron chi connectivity index (χ0n) is 16.4. The molecule has 1 atom stereocenters. The highest BCUT2D eigenvalue weighted by atomic mass is 35.5. The van der Waals surface area contributed by atoms with Crippen LogP contribution in [-0.4, -0.2) is 46.8 Å². The second kappa shape index (κ2) is 9.09. The highest BCUT2D eigenvalue weighted by molar-refractivity contribution is 6.31. The van der Waals surface area contributed by atoms with Gasteiger partial charge in [-0.25, -0.2) is 4.68 Å². The van der Waals surface area contributed by atoms with E-state index in [1.165, 1.54) is 0 Å². The topological polar surface area (TPSA) is 50.2 Å². The van der Waals surface area contributed by atoms with Crippen molar-refractivity contribution in [3.63, 3.8) is 0 Å². The number of rotatable bonds is 4. The third kappa shape index (κ3) is 4.65. The van der Waals surface area contributed by atoms with E-state index < -0.39 is 0 Å². The number of carbonyl (C=O) groups is 1. The fraction of sp³-hybridized carbons (Fsp3) is 0.500. The molecule has 27 heavy (non-hydrogen) atoms. The molecular formula is C20H28Cl2N4O. The quantitative estimate of drug-likeness (QED) is 0.836. The number of benzene rings is 1. The second-order valence-corrected chi connectivity index (χ2v) is 7.55. The summed E-state index contributed by atoms with van der Waals surface area (Å²) < 4.78 is 1.88. The second-order valence-electron chi connectivity index (χ2n) is 7.14. The van der Waals surface area contributed by atoms with Crippen molar-refractivity contribution < 1.29 is 4.79 Å². The van der Waals surface area contributed by atoms with Crippen LogP contribution in [0.15, 0.2) is 18.2 Å². The molecule has 2 aromatic rings. The van der Waals surface area contributed by atoms with Gasteiger partial charge >= 0.3 is 0 Å².